The molecule has 5 heteroatoms. The van der Waals surface area contributed by atoms with E-state index in [1.807, 2.05) is 0 Å². The van der Waals surface area contributed by atoms with E-state index in [1.54, 1.807) is 6.92 Å². The molecule has 0 bridgehead atoms. The molecule has 4 atom stereocenters. The van der Waals surface area contributed by atoms with Crippen LogP contribution in [0.2, 0.25) is 0 Å². The van der Waals surface area contributed by atoms with E-state index in [0.717, 1.165) is 25.2 Å². The summed E-state index contributed by atoms with van der Waals surface area (Å²) >= 11 is 0. The van der Waals surface area contributed by atoms with Crippen LogP contribution in [0.3, 0.4) is 0 Å². The van der Waals surface area contributed by atoms with Crippen molar-refractivity contribution < 1.29 is 14.7 Å². The Labute approximate surface area is 108 Å². The fourth-order valence-electron chi connectivity index (χ4n) is 2.63. The number of carbonyl (C=O) groups is 2. The van der Waals surface area contributed by atoms with Gasteiger partial charge in [0.1, 0.15) is 0 Å². The number of nitrogens with one attached hydrogen (secondary N) is 2. The van der Waals surface area contributed by atoms with Gasteiger partial charge in [-0.3, -0.25) is 4.79 Å². The molecule has 1 aliphatic carbocycles. The summed E-state index contributed by atoms with van der Waals surface area (Å²) in [7, 11) is 0. The number of carboxylic acids is 1. The topological polar surface area (TPSA) is 78.4 Å². The molecule has 2 amide bonds. The Kier molecular flexibility index (Phi) is 5.44. The highest BCUT2D eigenvalue weighted by Gasteiger charge is 2.26. The molecule has 1 rings (SSSR count). The van der Waals surface area contributed by atoms with Crippen LogP contribution < -0.4 is 10.6 Å². The lowest BCUT2D eigenvalue weighted by molar-refractivity contribution is -0.137. The molecule has 3 N–H and O–H groups in total. The first-order valence-corrected chi connectivity index (χ1v) is 6.67. The highest BCUT2D eigenvalue weighted by atomic mass is 16.4. The van der Waals surface area contributed by atoms with E-state index in [4.69, 9.17) is 5.11 Å². The highest BCUT2D eigenvalue weighted by Crippen LogP contribution is 2.28. The summed E-state index contributed by atoms with van der Waals surface area (Å²) in [6.07, 6.45) is 3.23. The van der Waals surface area contributed by atoms with Gasteiger partial charge in [-0.15, -0.1) is 0 Å². The fraction of sp³-hybridized carbons (Fsp3) is 0.846. The van der Waals surface area contributed by atoms with Crippen molar-refractivity contribution in [1.82, 2.24) is 10.6 Å². The van der Waals surface area contributed by atoms with Gasteiger partial charge < -0.3 is 15.7 Å². The third-order valence-electron chi connectivity index (χ3n) is 3.61. The Morgan fingerprint density at radius 3 is 2.56 bits per heavy atom. The minimum Gasteiger partial charge on any atom is -0.481 e. The molecule has 1 fully saturated rings. The van der Waals surface area contributed by atoms with Crippen LogP contribution in [-0.2, 0) is 4.79 Å². The van der Waals surface area contributed by atoms with Gasteiger partial charge in [0, 0.05) is 12.1 Å². The predicted octanol–water partition coefficient (Wildman–Crippen LogP) is 1.97. The maximum Gasteiger partial charge on any atom is 0.315 e. The second-order valence-electron chi connectivity index (χ2n) is 5.62. The van der Waals surface area contributed by atoms with Gasteiger partial charge in [-0.25, -0.2) is 4.79 Å². The van der Waals surface area contributed by atoms with Gasteiger partial charge in [0.2, 0.25) is 0 Å². The van der Waals surface area contributed by atoms with Gasteiger partial charge in [-0.2, -0.15) is 0 Å². The van der Waals surface area contributed by atoms with Crippen molar-refractivity contribution in [2.75, 3.05) is 0 Å². The zero-order chi connectivity index (χ0) is 13.7. The molecule has 104 valence electrons. The summed E-state index contributed by atoms with van der Waals surface area (Å²) in [6, 6.07) is -0.395. The van der Waals surface area contributed by atoms with Crippen molar-refractivity contribution in [3.63, 3.8) is 0 Å². The monoisotopic (exact) mass is 256 g/mol. The fourth-order valence-corrected chi connectivity index (χ4v) is 2.63. The van der Waals surface area contributed by atoms with Crippen molar-refractivity contribution in [3.8, 4) is 0 Å². The Morgan fingerprint density at radius 2 is 2.00 bits per heavy atom. The Balaban J connectivity index is 2.33. The maximum atomic E-state index is 11.7. The molecule has 5 nitrogen and oxygen atoms in total. The Morgan fingerprint density at radius 1 is 1.33 bits per heavy atom. The van der Waals surface area contributed by atoms with Crippen molar-refractivity contribution >= 4 is 12.0 Å². The molecule has 0 heterocycles. The maximum absolute atomic E-state index is 11.7. The van der Waals surface area contributed by atoms with Gasteiger partial charge in [-0.05, 0) is 38.0 Å². The molecule has 1 saturated carbocycles. The van der Waals surface area contributed by atoms with E-state index in [1.165, 1.54) is 0 Å². The third-order valence-corrected chi connectivity index (χ3v) is 3.61. The van der Waals surface area contributed by atoms with Crippen molar-refractivity contribution in [2.45, 2.75) is 58.5 Å². The largest absolute Gasteiger partial charge is 0.481 e. The van der Waals surface area contributed by atoms with Crippen molar-refractivity contribution in [3.05, 3.63) is 0 Å². The number of carbonyl (C=O) groups excluding carboxylic acids is 1. The summed E-state index contributed by atoms with van der Waals surface area (Å²) in [5.41, 5.74) is 0. The third kappa shape index (κ3) is 4.94. The standard InChI is InChI=1S/C13H24N2O3/c1-8-4-5-11(9(2)6-8)15-13(18)14-10(3)7-12(16)17/h8-11H,4-7H2,1-3H3,(H,16,17)(H2,14,15,18). The molecule has 0 aromatic carbocycles. The Hall–Kier alpha value is -1.26. The first kappa shape index (κ1) is 14.8. The summed E-state index contributed by atoms with van der Waals surface area (Å²) in [6.45, 7) is 6.09. The van der Waals surface area contributed by atoms with Gasteiger partial charge in [0.15, 0.2) is 0 Å². The second kappa shape index (κ2) is 6.61. The number of rotatable bonds is 4. The first-order valence-electron chi connectivity index (χ1n) is 6.67. The molecule has 0 aliphatic heterocycles. The summed E-state index contributed by atoms with van der Waals surface area (Å²) in [5, 5.41) is 14.2. The average molecular weight is 256 g/mol. The number of hydrogen-bond acceptors (Lipinski definition) is 2. The highest BCUT2D eigenvalue weighted by molar-refractivity contribution is 5.75. The van der Waals surface area contributed by atoms with Crippen molar-refractivity contribution in [2.24, 2.45) is 11.8 Å². The van der Waals surface area contributed by atoms with Crippen LogP contribution in [0.1, 0.15) is 46.5 Å². The average Bonchev–Trinajstić information content (AvgIpc) is 2.20. The second-order valence-corrected chi connectivity index (χ2v) is 5.62. The predicted molar refractivity (Wildman–Crippen MR) is 69.3 cm³/mol. The SMILES string of the molecule is CC1CCC(NC(=O)NC(C)CC(=O)O)C(C)C1. The number of aliphatic carboxylic acids is 1. The van der Waals surface area contributed by atoms with Crippen LogP contribution in [0.25, 0.3) is 0 Å². The van der Waals surface area contributed by atoms with Crippen LogP contribution in [0, 0.1) is 11.8 Å². The van der Waals surface area contributed by atoms with E-state index in [2.05, 4.69) is 24.5 Å². The zero-order valence-corrected chi connectivity index (χ0v) is 11.4. The van der Waals surface area contributed by atoms with E-state index < -0.39 is 5.97 Å². The molecule has 4 unspecified atom stereocenters. The minimum absolute atomic E-state index is 0.0509. The lowest BCUT2D eigenvalue weighted by Crippen LogP contribution is -2.49. The van der Waals surface area contributed by atoms with E-state index in [0.29, 0.717) is 5.92 Å². The van der Waals surface area contributed by atoms with E-state index >= 15 is 0 Å². The molecular formula is C13H24N2O3. The van der Waals surface area contributed by atoms with Crippen LogP contribution in [-0.4, -0.2) is 29.2 Å². The number of urea groups is 1. The van der Waals surface area contributed by atoms with Gasteiger partial charge >= 0.3 is 12.0 Å². The summed E-state index contributed by atoms with van der Waals surface area (Å²) in [5.74, 6) is 0.309. The summed E-state index contributed by atoms with van der Waals surface area (Å²) in [4.78, 5) is 22.2. The van der Waals surface area contributed by atoms with Crippen molar-refractivity contribution in [1.29, 1.82) is 0 Å². The van der Waals surface area contributed by atoms with Crippen LogP contribution in [0.5, 0.6) is 0 Å². The molecule has 0 aromatic rings. The van der Waals surface area contributed by atoms with Gasteiger partial charge in [0.25, 0.3) is 0 Å². The lowest BCUT2D eigenvalue weighted by Gasteiger charge is -2.33. The number of hydrogen-bond donors (Lipinski definition) is 3. The molecule has 0 saturated heterocycles. The lowest BCUT2D eigenvalue weighted by atomic mass is 9.80. The minimum atomic E-state index is -0.900. The molecular weight excluding hydrogens is 232 g/mol. The quantitative estimate of drug-likeness (QED) is 0.719. The first-order chi connectivity index (χ1) is 8.38. The Bertz CT molecular complexity index is 307. The smallest absolute Gasteiger partial charge is 0.315 e. The normalized spacial score (nSPS) is 29.4. The molecule has 0 spiro atoms. The zero-order valence-electron chi connectivity index (χ0n) is 11.4. The molecule has 1 aliphatic rings. The van der Waals surface area contributed by atoms with Crippen LogP contribution in [0.4, 0.5) is 4.79 Å². The number of amides is 2. The molecule has 0 aromatic heterocycles. The van der Waals surface area contributed by atoms with Gasteiger partial charge in [-0.1, -0.05) is 13.8 Å². The van der Waals surface area contributed by atoms with Crippen LogP contribution in [0.15, 0.2) is 0 Å². The van der Waals surface area contributed by atoms with E-state index in [9.17, 15) is 9.59 Å². The number of carboxylic acid groups (broad SMARTS) is 1. The molecule has 18 heavy (non-hydrogen) atoms. The van der Waals surface area contributed by atoms with Crippen LogP contribution >= 0.6 is 0 Å². The molecule has 0 radical (unpaired) electrons. The van der Waals surface area contributed by atoms with Gasteiger partial charge in [0.05, 0.1) is 6.42 Å². The summed E-state index contributed by atoms with van der Waals surface area (Å²) < 4.78 is 0. The van der Waals surface area contributed by atoms with E-state index in [-0.39, 0.29) is 24.5 Å².